The Morgan fingerprint density at radius 2 is 2.11 bits per heavy atom. The first-order valence-corrected chi connectivity index (χ1v) is 6.57. The topological polar surface area (TPSA) is 36.4 Å². The molecule has 2 rings (SSSR count). The van der Waals surface area contributed by atoms with Gasteiger partial charge in [0.1, 0.15) is 5.69 Å². The molecule has 18 heavy (non-hydrogen) atoms. The molecule has 1 saturated heterocycles. The number of hydrogen-bond acceptors (Lipinski definition) is 4. The van der Waals surface area contributed by atoms with Crippen molar-refractivity contribution in [1.82, 2.24) is 9.88 Å². The number of rotatable bonds is 5. The van der Waals surface area contributed by atoms with Gasteiger partial charge in [-0.05, 0) is 38.1 Å². The number of pyridine rings is 1. The SMILES string of the molecule is CC(=O)c1ccc(N(C)CCN2CCCC2)cn1. The third-order valence-electron chi connectivity index (χ3n) is 3.50. The van der Waals surface area contributed by atoms with Crippen LogP contribution in [-0.2, 0) is 0 Å². The average Bonchev–Trinajstić information content (AvgIpc) is 2.89. The van der Waals surface area contributed by atoms with Gasteiger partial charge in [-0.1, -0.05) is 0 Å². The molecule has 1 aliphatic rings. The van der Waals surface area contributed by atoms with Crippen LogP contribution in [0.4, 0.5) is 5.69 Å². The number of Topliss-reactive ketones (excluding diaryl/α,β-unsaturated/α-hetero) is 1. The molecule has 1 fully saturated rings. The van der Waals surface area contributed by atoms with Crippen molar-refractivity contribution in [2.75, 3.05) is 38.1 Å². The van der Waals surface area contributed by atoms with Crippen LogP contribution in [0.3, 0.4) is 0 Å². The lowest BCUT2D eigenvalue weighted by molar-refractivity contribution is 0.101. The van der Waals surface area contributed by atoms with Crippen molar-refractivity contribution in [3.05, 3.63) is 24.0 Å². The van der Waals surface area contributed by atoms with Gasteiger partial charge in [-0.25, -0.2) is 0 Å². The Kier molecular flexibility index (Phi) is 4.31. The summed E-state index contributed by atoms with van der Waals surface area (Å²) in [7, 11) is 2.07. The normalized spacial score (nSPS) is 15.9. The molecule has 1 aliphatic heterocycles. The monoisotopic (exact) mass is 247 g/mol. The molecule has 0 aromatic carbocycles. The van der Waals surface area contributed by atoms with Crippen LogP contribution in [0.1, 0.15) is 30.3 Å². The fourth-order valence-corrected chi connectivity index (χ4v) is 2.25. The van der Waals surface area contributed by atoms with Crippen LogP contribution in [0, 0.1) is 0 Å². The fraction of sp³-hybridized carbons (Fsp3) is 0.571. The number of carbonyl (C=O) groups is 1. The second-order valence-electron chi connectivity index (χ2n) is 4.93. The quantitative estimate of drug-likeness (QED) is 0.744. The van der Waals surface area contributed by atoms with Gasteiger partial charge >= 0.3 is 0 Å². The number of likely N-dealkylation sites (N-methyl/N-ethyl adjacent to an activating group) is 1. The van der Waals surface area contributed by atoms with Crippen LogP contribution in [0.2, 0.25) is 0 Å². The summed E-state index contributed by atoms with van der Waals surface area (Å²) in [5.41, 5.74) is 1.60. The molecular weight excluding hydrogens is 226 g/mol. The van der Waals surface area contributed by atoms with Crippen LogP contribution in [0.5, 0.6) is 0 Å². The first-order valence-electron chi connectivity index (χ1n) is 6.57. The molecule has 0 spiro atoms. The Balaban J connectivity index is 1.87. The third kappa shape index (κ3) is 3.29. The Morgan fingerprint density at radius 1 is 1.39 bits per heavy atom. The molecule has 0 aliphatic carbocycles. The molecular formula is C14H21N3O. The van der Waals surface area contributed by atoms with Gasteiger partial charge in [-0.15, -0.1) is 0 Å². The van der Waals surface area contributed by atoms with E-state index in [1.54, 1.807) is 19.2 Å². The summed E-state index contributed by atoms with van der Waals surface area (Å²) in [6.07, 6.45) is 4.44. The van der Waals surface area contributed by atoms with Gasteiger partial charge in [0.25, 0.3) is 0 Å². The molecule has 1 aromatic rings. The zero-order chi connectivity index (χ0) is 13.0. The lowest BCUT2D eigenvalue weighted by Gasteiger charge is -2.22. The molecule has 0 amide bonds. The average molecular weight is 247 g/mol. The van der Waals surface area contributed by atoms with E-state index in [1.807, 2.05) is 6.07 Å². The van der Waals surface area contributed by atoms with Crippen molar-refractivity contribution in [2.45, 2.75) is 19.8 Å². The lowest BCUT2D eigenvalue weighted by atomic mass is 10.2. The smallest absolute Gasteiger partial charge is 0.178 e. The Hall–Kier alpha value is -1.42. The van der Waals surface area contributed by atoms with Crippen molar-refractivity contribution >= 4 is 11.5 Å². The molecule has 0 saturated carbocycles. The summed E-state index contributed by atoms with van der Waals surface area (Å²) in [5, 5.41) is 0. The summed E-state index contributed by atoms with van der Waals surface area (Å²) in [5.74, 6) is 0.0151. The molecule has 4 nitrogen and oxygen atoms in total. The summed E-state index contributed by atoms with van der Waals surface area (Å²) >= 11 is 0. The Morgan fingerprint density at radius 3 is 2.67 bits per heavy atom. The molecule has 1 aromatic heterocycles. The molecule has 98 valence electrons. The maximum absolute atomic E-state index is 11.1. The van der Waals surface area contributed by atoms with E-state index in [0.717, 1.165) is 18.8 Å². The summed E-state index contributed by atoms with van der Waals surface area (Å²) in [6, 6.07) is 3.76. The van der Waals surface area contributed by atoms with E-state index in [1.165, 1.54) is 25.9 Å². The zero-order valence-corrected chi connectivity index (χ0v) is 11.2. The molecule has 0 bridgehead atoms. The maximum Gasteiger partial charge on any atom is 0.178 e. The number of carbonyl (C=O) groups excluding carboxylic acids is 1. The molecule has 0 atom stereocenters. The first kappa shape index (κ1) is 13.0. The van der Waals surface area contributed by atoms with Crippen molar-refractivity contribution in [1.29, 1.82) is 0 Å². The number of anilines is 1. The summed E-state index contributed by atoms with van der Waals surface area (Å²) in [6.45, 7) is 6.11. The zero-order valence-electron chi connectivity index (χ0n) is 11.2. The van der Waals surface area contributed by atoms with E-state index in [4.69, 9.17) is 0 Å². The van der Waals surface area contributed by atoms with Gasteiger partial charge < -0.3 is 9.80 Å². The first-order chi connectivity index (χ1) is 8.66. The van der Waals surface area contributed by atoms with Crippen molar-refractivity contribution < 1.29 is 4.79 Å². The van der Waals surface area contributed by atoms with Crippen molar-refractivity contribution in [3.8, 4) is 0 Å². The molecule has 0 unspecified atom stereocenters. The van der Waals surface area contributed by atoms with E-state index in [9.17, 15) is 4.79 Å². The van der Waals surface area contributed by atoms with Crippen molar-refractivity contribution in [3.63, 3.8) is 0 Å². The third-order valence-corrected chi connectivity index (χ3v) is 3.50. The molecule has 2 heterocycles. The minimum Gasteiger partial charge on any atom is -0.372 e. The minimum atomic E-state index is 0.0151. The van der Waals surface area contributed by atoms with Gasteiger partial charge in [0.2, 0.25) is 0 Å². The largest absolute Gasteiger partial charge is 0.372 e. The predicted octanol–water partition coefficient (Wildman–Crippen LogP) is 1.82. The molecule has 4 heteroatoms. The Labute approximate surface area is 109 Å². The fourth-order valence-electron chi connectivity index (χ4n) is 2.25. The lowest BCUT2D eigenvalue weighted by Crippen LogP contribution is -2.31. The summed E-state index contributed by atoms with van der Waals surface area (Å²) < 4.78 is 0. The minimum absolute atomic E-state index is 0.0151. The maximum atomic E-state index is 11.1. The van der Waals surface area contributed by atoms with Crippen LogP contribution >= 0.6 is 0 Å². The van der Waals surface area contributed by atoms with E-state index in [2.05, 4.69) is 21.8 Å². The highest BCUT2D eigenvalue weighted by Gasteiger charge is 2.12. The highest BCUT2D eigenvalue weighted by molar-refractivity contribution is 5.92. The summed E-state index contributed by atoms with van der Waals surface area (Å²) in [4.78, 5) is 20.0. The van der Waals surface area contributed by atoms with E-state index >= 15 is 0 Å². The molecule has 0 N–H and O–H groups in total. The van der Waals surface area contributed by atoms with Gasteiger partial charge in [-0.3, -0.25) is 9.78 Å². The highest BCUT2D eigenvalue weighted by atomic mass is 16.1. The van der Waals surface area contributed by atoms with Crippen LogP contribution in [0.15, 0.2) is 18.3 Å². The van der Waals surface area contributed by atoms with Gasteiger partial charge in [-0.2, -0.15) is 0 Å². The van der Waals surface area contributed by atoms with E-state index in [0.29, 0.717) is 5.69 Å². The van der Waals surface area contributed by atoms with E-state index in [-0.39, 0.29) is 5.78 Å². The highest BCUT2D eigenvalue weighted by Crippen LogP contribution is 2.12. The number of nitrogens with zero attached hydrogens (tertiary/aromatic N) is 3. The van der Waals surface area contributed by atoms with Crippen molar-refractivity contribution in [2.24, 2.45) is 0 Å². The van der Waals surface area contributed by atoms with Crippen LogP contribution < -0.4 is 4.90 Å². The Bertz CT molecular complexity index is 396. The van der Waals surface area contributed by atoms with E-state index < -0.39 is 0 Å². The van der Waals surface area contributed by atoms with Crippen LogP contribution in [0.25, 0.3) is 0 Å². The molecule has 0 radical (unpaired) electrons. The van der Waals surface area contributed by atoms with Gasteiger partial charge in [0.05, 0.1) is 11.9 Å². The number of likely N-dealkylation sites (tertiary alicyclic amines) is 1. The number of ketones is 1. The predicted molar refractivity (Wildman–Crippen MR) is 73.2 cm³/mol. The standard InChI is InChI=1S/C14H21N3O/c1-12(18)14-6-5-13(11-15-14)16(2)9-10-17-7-3-4-8-17/h5-6,11H,3-4,7-10H2,1-2H3. The number of hydrogen-bond donors (Lipinski definition) is 0. The van der Waals surface area contributed by atoms with Gasteiger partial charge in [0.15, 0.2) is 5.78 Å². The second-order valence-corrected chi connectivity index (χ2v) is 4.93. The van der Waals surface area contributed by atoms with Crippen LogP contribution in [-0.4, -0.2) is 48.9 Å². The number of aromatic nitrogens is 1. The second kappa shape index (κ2) is 5.96. The van der Waals surface area contributed by atoms with Gasteiger partial charge in [0, 0.05) is 27.1 Å².